The highest BCUT2D eigenvalue weighted by Crippen LogP contribution is 2.34. The second kappa shape index (κ2) is 6.24. The lowest BCUT2D eigenvalue weighted by Gasteiger charge is -2.25. The fraction of sp³-hybridized carbons (Fsp3) is 0.235. The zero-order valence-electron chi connectivity index (χ0n) is 12.0. The van der Waals surface area contributed by atoms with Gasteiger partial charge in [0.15, 0.2) is 11.6 Å². The first-order chi connectivity index (χ1) is 11.0. The zero-order valence-corrected chi connectivity index (χ0v) is 12.8. The van der Waals surface area contributed by atoms with Crippen LogP contribution in [0.15, 0.2) is 36.4 Å². The van der Waals surface area contributed by atoms with Crippen molar-refractivity contribution < 1.29 is 18.0 Å². The van der Waals surface area contributed by atoms with E-state index in [2.05, 4.69) is 0 Å². The Morgan fingerprint density at radius 2 is 1.74 bits per heavy atom. The molecule has 0 unspecified atom stereocenters. The van der Waals surface area contributed by atoms with Crippen LogP contribution in [0.5, 0.6) is 0 Å². The molecule has 0 spiro atoms. The maximum Gasteiger partial charge on any atom is 0.255 e. The molecule has 1 saturated heterocycles. The van der Waals surface area contributed by atoms with Crippen molar-refractivity contribution in [2.24, 2.45) is 0 Å². The second-order valence-corrected chi connectivity index (χ2v) is 5.86. The number of nitrogens with zero attached hydrogens (tertiary/aromatic N) is 1. The average molecular weight is 340 g/mol. The van der Waals surface area contributed by atoms with Gasteiger partial charge in [-0.1, -0.05) is 23.7 Å². The first kappa shape index (κ1) is 15.9. The summed E-state index contributed by atoms with van der Waals surface area (Å²) in [6.45, 7) is 0.482. The summed E-state index contributed by atoms with van der Waals surface area (Å²) in [7, 11) is 0. The van der Waals surface area contributed by atoms with Gasteiger partial charge in [0.2, 0.25) is 0 Å². The Morgan fingerprint density at radius 3 is 2.43 bits per heavy atom. The molecule has 6 heteroatoms. The number of amides is 1. The minimum absolute atomic E-state index is 0.0698. The molecule has 23 heavy (non-hydrogen) atoms. The normalized spacial score (nSPS) is 17.6. The third-order valence-corrected chi connectivity index (χ3v) is 4.32. The number of carbonyl (C=O) groups excluding carboxylic acids is 1. The number of halogens is 4. The maximum absolute atomic E-state index is 13.4. The summed E-state index contributed by atoms with van der Waals surface area (Å²) >= 11 is 5.89. The van der Waals surface area contributed by atoms with Crippen LogP contribution in [0.25, 0.3) is 0 Å². The number of rotatable bonds is 2. The van der Waals surface area contributed by atoms with Crippen LogP contribution in [0.1, 0.15) is 34.8 Å². The van der Waals surface area contributed by atoms with E-state index in [0.717, 1.165) is 30.5 Å². The van der Waals surface area contributed by atoms with Crippen LogP contribution < -0.4 is 0 Å². The molecule has 1 aliphatic rings. The molecule has 2 aromatic rings. The van der Waals surface area contributed by atoms with Crippen molar-refractivity contribution in [3.05, 3.63) is 70.0 Å². The molecule has 0 N–H and O–H groups in total. The molecular formula is C17H13ClF3NO. The summed E-state index contributed by atoms with van der Waals surface area (Å²) in [5, 5.41) is -0.126. The van der Waals surface area contributed by atoms with E-state index in [1.807, 2.05) is 0 Å². The summed E-state index contributed by atoms with van der Waals surface area (Å²) in [4.78, 5) is 14.2. The standard InChI is InChI=1S/C17H13ClF3NO/c18-13-9-15(21)14(20)8-12(13)17(23)22-7-1-2-16(22)10-3-5-11(19)6-4-10/h3-6,8-9,16H,1-2,7H2/t16-/m1/s1. The van der Waals surface area contributed by atoms with Crippen LogP contribution in [0.4, 0.5) is 13.2 Å². The van der Waals surface area contributed by atoms with Crippen molar-refractivity contribution in [1.29, 1.82) is 0 Å². The number of hydrogen-bond acceptors (Lipinski definition) is 1. The van der Waals surface area contributed by atoms with Gasteiger partial charge in [0.1, 0.15) is 5.82 Å². The van der Waals surface area contributed by atoms with Crippen molar-refractivity contribution in [1.82, 2.24) is 4.90 Å². The van der Waals surface area contributed by atoms with Crippen molar-refractivity contribution in [3.8, 4) is 0 Å². The molecule has 1 heterocycles. The van der Waals surface area contributed by atoms with E-state index >= 15 is 0 Å². The molecule has 3 rings (SSSR count). The number of benzene rings is 2. The van der Waals surface area contributed by atoms with E-state index in [-0.39, 0.29) is 22.4 Å². The van der Waals surface area contributed by atoms with Crippen LogP contribution in [-0.4, -0.2) is 17.4 Å². The fourth-order valence-corrected chi connectivity index (χ4v) is 3.11. The molecule has 0 radical (unpaired) electrons. The molecule has 1 aliphatic heterocycles. The highest BCUT2D eigenvalue weighted by molar-refractivity contribution is 6.33. The van der Waals surface area contributed by atoms with Crippen molar-refractivity contribution >= 4 is 17.5 Å². The molecule has 1 amide bonds. The monoisotopic (exact) mass is 339 g/mol. The topological polar surface area (TPSA) is 20.3 Å². The molecule has 0 aliphatic carbocycles. The molecule has 0 bridgehead atoms. The quantitative estimate of drug-likeness (QED) is 0.724. The van der Waals surface area contributed by atoms with Crippen LogP contribution in [0, 0.1) is 17.5 Å². The van der Waals surface area contributed by atoms with Gasteiger partial charge in [0.05, 0.1) is 16.6 Å². The maximum atomic E-state index is 13.4. The summed E-state index contributed by atoms with van der Waals surface area (Å²) in [6.07, 6.45) is 1.49. The number of carbonyl (C=O) groups is 1. The smallest absolute Gasteiger partial charge is 0.255 e. The van der Waals surface area contributed by atoms with Gasteiger partial charge in [-0.25, -0.2) is 13.2 Å². The minimum atomic E-state index is -1.12. The molecule has 0 aromatic heterocycles. The fourth-order valence-electron chi connectivity index (χ4n) is 2.88. The largest absolute Gasteiger partial charge is 0.332 e. The third kappa shape index (κ3) is 3.06. The van der Waals surface area contributed by atoms with Crippen LogP contribution in [-0.2, 0) is 0 Å². The van der Waals surface area contributed by atoms with Gasteiger partial charge in [-0.05, 0) is 42.7 Å². The van der Waals surface area contributed by atoms with Crippen LogP contribution in [0.3, 0.4) is 0 Å². The van der Waals surface area contributed by atoms with E-state index in [9.17, 15) is 18.0 Å². The predicted octanol–water partition coefficient (Wildman–Crippen LogP) is 4.73. The van der Waals surface area contributed by atoms with Crippen LogP contribution in [0.2, 0.25) is 5.02 Å². The Bertz CT molecular complexity index is 748. The SMILES string of the molecule is O=C(c1cc(F)c(F)cc1Cl)N1CCC[C@@H]1c1ccc(F)cc1. The second-order valence-electron chi connectivity index (χ2n) is 5.45. The minimum Gasteiger partial charge on any atom is -0.332 e. The Labute approximate surface area is 136 Å². The molecule has 2 aromatic carbocycles. The third-order valence-electron chi connectivity index (χ3n) is 4.01. The first-order valence-corrected chi connectivity index (χ1v) is 7.56. The lowest BCUT2D eigenvalue weighted by atomic mass is 10.0. The molecule has 0 saturated carbocycles. The molecule has 120 valence electrons. The van der Waals surface area contributed by atoms with E-state index in [1.165, 1.54) is 12.1 Å². The highest BCUT2D eigenvalue weighted by Gasteiger charge is 2.32. The van der Waals surface area contributed by atoms with E-state index < -0.39 is 17.5 Å². The summed E-state index contributed by atoms with van der Waals surface area (Å²) in [5.74, 6) is -3.02. The van der Waals surface area contributed by atoms with Gasteiger partial charge < -0.3 is 4.90 Å². The number of likely N-dealkylation sites (tertiary alicyclic amines) is 1. The van der Waals surface area contributed by atoms with Gasteiger partial charge in [0.25, 0.3) is 5.91 Å². The number of hydrogen-bond donors (Lipinski definition) is 0. The van der Waals surface area contributed by atoms with E-state index in [1.54, 1.807) is 17.0 Å². The zero-order chi connectivity index (χ0) is 16.6. The van der Waals surface area contributed by atoms with E-state index in [4.69, 9.17) is 11.6 Å². The van der Waals surface area contributed by atoms with E-state index in [0.29, 0.717) is 6.54 Å². The van der Waals surface area contributed by atoms with Crippen molar-refractivity contribution in [2.75, 3.05) is 6.54 Å². The average Bonchev–Trinajstić information content (AvgIpc) is 3.00. The molecule has 2 nitrogen and oxygen atoms in total. The predicted molar refractivity (Wildman–Crippen MR) is 80.8 cm³/mol. The first-order valence-electron chi connectivity index (χ1n) is 7.18. The Morgan fingerprint density at radius 1 is 1.09 bits per heavy atom. The van der Waals surface area contributed by atoms with Crippen molar-refractivity contribution in [2.45, 2.75) is 18.9 Å². The van der Waals surface area contributed by atoms with Gasteiger partial charge in [-0.2, -0.15) is 0 Å². The lowest BCUT2D eigenvalue weighted by molar-refractivity contribution is 0.0735. The Hall–Kier alpha value is -2.01. The van der Waals surface area contributed by atoms with Gasteiger partial charge in [-0.3, -0.25) is 4.79 Å². The summed E-state index contributed by atoms with van der Waals surface area (Å²) in [5.41, 5.74) is 0.732. The molecule has 1 atom stereocenters. The molecule has 1 fully saturated rings. The van der Waals surface area contributed by atoms with Gasteiger partial charge in [-0.15, -0.1) is 0 Å². The van der Waals surface area contributed by atoms with Crippen molar-refractivity contribution in [3.63, 3.8) is 0 Å². The van der Waals surface area contributed by atoms with Crippen LogP contribution >= 0.6 is 11.6 Å². The Balaban J connectivity index is 1.92. The summed E-state index contributed by atoms with van der Waals surface area (Å²) < 4.78 is 39.6. The van der Waals surface area contributed by atoms with Gasteiger partial charge in [0, 0.05) is 6.54 Å². The van der Waals surface area contributed by atoms with Gasteiger partial charge >= 0.3 is 0 Å². The lowest BCUT2D eigenvalue weighted by Crippen LogP contribution is -2.31. The summed E-state index contributed by atoms with van der Waals surface area (Å²) in [6, 6.07) is 7.30. The highest BCUT2D eigenvalue weighted by atomic mass is 35.5. The molecular weight excluding hydrogens is 327 g/mol. The Kier molecular flexibility index (Phi) is 4.31.